The summed E-state index contributed by atoms with van der Waals surface area (Å²) in [7, 11) is 0. The minimum atomic E-state index is -0.891. The minimum Gasteiger partial charge on any atom is -0.486 e. The van der Waals surface area contributed by atoms with Crippen LogP contribution in [-0.4, -0.2) is 52.6 Å². The molecule has 1 aromatic carbocycles. The van der Waals surface area contributed by atoms with Gasteiger partial charge < -0.3 is 19.5 Å². The number of carbonyl (C=O) groups is 2. The lowest BCUT2D eigenvalue weighted by molar-refractivity contribution is -0.136. The first-order valence-electron chi connectivity index (χ1n) is 8.09. The van der Waals surface area contributed by atoms with Gasteiger partial charge in [0.05, 0.1) is 17.0 Å². The number of hydrogen-bond donors (Lipinski definition) is 1. The number of rotatable bonds is 5. The molecule has 24 heavy (non-hydrogen) atoms. The molecule has 2 unspecified atom stereocenters. The molecule has 2 aliphatic heterocycles. The van der Waals surface area contributed by atoms with Gasteiger partial charge in [0.1, 0.15) is 13.2 Å². The van der Waals surface area contributed by atoms with Gasteiger partial charge in [0, 0.05) is 6.54 Å². The molecule has 7 heteroatoms. The summed E-state index contributed by atoms with van der Waals surface area (Å²) in [6, 6.07) is 5.86. The third kappa shape index (κ3) is 3.61. The van der Waals surface area contributed by atoms with Crippen LogP contribution in [0.3, 0.4) is 0 Å². The molecule has 0 aromatic heterocycles. The zero-order valence-electron chi connectivity index (χ0n) is 13.6. The number of hydrogen-bond acceptors (Lipinski definition) is 5. The summed E-state index contributed by atoms with van der Waals surface area (Å²) in [4.78, 5) is 25.2. The van der Waals surface area contributed by atoms with Gasteiger partial charge in [0.2, 0.25) is 5.91 Å². The average molecular weight is 351 g/mol. The van der Waals surface area contributed by atoms with Gasteiger partial charge in [0.15, 0.2) is 11.5 Å². The third-order valence-electron chi connectivity index (χ3n) is 4.33. The van der Waals surface area contributed by atoms with Crippen LogP contribution >= 0.6 is 11.8 Å². The van der Waals surface area contributed by atoms with Crippen molar-refractivity contribution >= 4 is 23.6 Å². The number of carbonyl (C=O) groups excluding carboxylic acids is 1. The molecule has 1 saturated heterocycles. The Morgan fingerprint density at radius 3 is 2.83 bits per heavy atom. The monoisotopic (exact) mass is 351 g/mol. The van der Waals surface area contributed by atoms with Gasteiger partial charge in [-0.2, -0.15) is 0 Å². The molecular weight excluding hydrogens is 330 g/mol. The van der Waals surface area contributed by atoms with Gasteiger partial charge in [-0.05, 0) is 37.5 Å². The smallest absolute Gasteiger partial charge is 0.316 e. The van der Waals surface area contributed by atoms with Crippen molar-refractivity contribution in [3.05, 3.63) is 23.8 Å². The van der Waals surface area contributed by atoms with Crippen LogP contribution in [0, 0.1) is 0 Å². The lowest BCUT2D eigenvalue weighted by Crippen LogP contribution is -2.32. The third-order valence-corrected chi connectivity index (χ3v) is 5.44. The Labute approximate surface area is 145 Å². The fourth-order valence-corrected chi connectivity index (χ4v) is 3.73. The molecule has 1 fully saturated rings. The highest BCUT2D eigenvalue weighted by Gasteiger charge is 2.31. The Morgan fingerprint density at radius 1 is 1.33 bits per heavy atom. The van der Waals surface area contributed by atoms with E-state index in [9.17, 15) is 9.59 Å². The average Bonchev–Trinajstić information content (AvgIpc) is 3.08. The zero-order valence-corrected chi connectivity index (χ0v) is 14.4. The second-order valence-corrected chi connectivity index (χ2v) is 7.27. The number of amides is 1. The highest BCUT2D eigenvalue weighted by atomic mass is 32.2. The molecule has 0 spiro atoms. The largest absolute Gasteiger partial charge is 0.486 e. The normalized spacial score (nSPS) is 20.7. The SMILES string of the molecule is CC(SCC(=O)N1CCCC1c1ccc2c(c1)OCCO2)C(=O)O. The molecule has 0 radical (unpaired) electrons. The molecule has 2 heterocycles. The maximum absolute atomic E-state index is 12.5. The number of fused-ring (bicyclic) bond motifs is 1. The van der Waals surface area contributed by atoms with Crippen LogP contribution in [0.5, 0.6) is 11.5 Å². The van der Waals surface area contributed by atoms with Crippen molar-refractivity contribution in [3.8, 4) is 11.5 Å². The lowest BCUT2D eigenvalue weighted by Gasteiger charge is -2.27. The summed E-state index contributed by atoms with van der Waals surface area (Å²) < 4.78 is 11.2. The molecular formula is C17H21NO5S. The van der Waals surface area contributed by atoms with E-state index in [0.717, 1.165) is 41.7 Å². The van der Waals surface area contributed by atoms with Gasteiger partial charge in [-0.25, -0.2) is 0 Å². The predicted octanol–water partition coefficient (Wildman–Crippen LogP) is 2.33. The molecule has 2 aliphatic rings. The number of carboxylic acids is 1. The summed E-state index contributed by atoms with van der Waals surface area (Å²) in [6.07, 6.45) is 1.86. The molecule has 1 aromatic rings. The van der Waals surface area contributed by atoms with E-state index in [-0.39, 0.29) is 17.7 Å². The Bertz CT molecular complexity index is 635. The molecule has 1 N–H and O–H groups in total. The van der Waals surface area contributed by atoms with E-state index in [1.165, 1.54) is 0 Å². The number of likely N-dealkylation sites (tertiary alicyclic amines) is 1. The Kier molecular flexibility index (Phi) is 5.18. The number of carboxylic acid groups (broad SMARTS) is 1. The topological polar surface area (TPSA) is 76.1 Å². The van der Waals surface area contributed by atoms with Crippen LogP contribution in [0.25, 0.3) is 0 Å². The van der Waals surface area contributed by atoms with E-state index in [0.29, 0.717) is 19.8 Å². The number of benzene rings is 1. The van der Waals surface area contributed by atoms with Crippen LogP contribution in [0.2, 0.25) is 0 Å². The standard InChI is InChI=1S/C17H21NO5S/c1-11(17(20)21)24-10-16(19)18-6-2-3-13(18)12-4-5-14-15(9-12)23-8-7-22-14/h4-5,9,11,13H,2-3,6-8,10H2,1H3,(H,20,21). The van der Waals surface area contributed by atoms with Gasteiger partial charge in [0.25, 0.3) is 0 Å². The van der Waals surface area contributed by atoms with Crippen molar-refractivity contribution in [2.75, 3.05) is 25.5 Å². The van der Waals surface area contributed by atoms with E-state index in [1.807, 2.05) is 23.1 Å². The molecule has 1 amide bonds. The molecule has 0 saturated carbocycles. The molecule has 3 rings (SSSR count). The summed E-state index contributed by atoms with van der Waals surface area (Å²) in [5, 5.41) is 8.35. The van der Waals surface area contributed by atoms with Crippen LogP contribution < -0.4 is 9.47 Å². The van der Waals surface area contributed by atoms with Gasteiger partial charge in [-0.1, -0.05) is 6.07 Å². The number of nitrogens with zero attached hydrogens (tertiary/aromatic N) is 1. The predicted molar refractivity (Wildman–Crippen MR) is 90.7 cm³/mol. The van der Waals surface area contributed by atoms with Crippen molar-refractivity contribution in [2.24, 2.45) is 0 Å². The summed E-state index contributed by atoms with van der Waals surface area (Å²) in [6.45, 7) is 3.40. The maximum atomic E-state index is 12.5. The first-order chi connectivity index (χ1) is 11.6. The first-order valence-corrected chi connectivity index (χ1v) is 9.14. The molecule has 0 aliphatic carbocycles. The van der Waals surface area contributed by atoms with Crippen molar-refractivity contribution in [2.45, 2.75) is 31.1 Å². The summed E-state index contributed by atoms with van der Waals surface area (Å²) in [5.74, 6) is 0.760. The highest BCUT2D eigenvalue weighted by Crippen LogP contribution is 2.38. The molecule has 130 valence electrons. The van der Waals surface area contributed by atoms with Crippen LogP contribution in [0.4, 0.5) is 0 Å². The van der Waals surface area contributed by atoms with Crippen LogP contribution in [0.1, 0.15) is 31.4 Å². The van der Waals surface area contributed by atoms with Gasteiger partial charge in [-0.3, -0.25) is 9.59 Å². The lowest BCUT2D eigenvalue weighted by atomic mass is 10.0. The molecule has 0 bridgehead atoms. The number of thioether (sulfide) groups is 1. The fraction of sp³-hybridized carbons (Fsp3) is 0.529. The molecule has 2 atom stereocenters. The Balaban J connectivity index is 1.69. The van der Waals surface area contributed by atoms with E-state index in [2.05, 4.69) is 0 Å². The quantitative estimate of drug-likeness (QED) is 0.877. The van der Waals surface area contributed by atoms with E-state index in [4.69, 9.17) is 14.6 Å². The van der Waals surface area contributed by atoms with E-state index < -0.39 is 11.2 Å². The second kappa shape index (κ2) is 7.34. The van der Waals surface area contributed by atoms with Crippen LogP contribution in [-0.2, 0) is 9.59 Å². The number of ether oxygens (including phenoxy) is 2. The Hall–Kier alpha value is -1.89. The van der Waals surface area contributed by atoms with Gasteiger partial charge in [-0.15, -0.1) is 11.8 Å². The van der Waals surface area contributed by atoms with Crippen molar-refractivity contribution in [1.82, 2.24) is 4.90 Å². The Morgan fingerprint density at radius 2 is 2.08 bits per heavy atom. The zero-order chi connectivity index (χ0) is 17.1. The molecule has 6 nitrogen and oxygen atoms in total. The minimum absolute atomic E-state index is 0.00881. The van der Waals surface area contributed by atoms with E-state index in [1.54, 1.807) is 6.92 Å². The van der Waals surface area contributed by atoms with Crippen LogP contribution in [0.15, 0.2) is 18.2 Å². The first kappa shape index (κ1) is 17.0. The van der Waals surface area contributed by atoms with Crippen molar-refractivity contribution in [1.29, 1.82) is 0 Å². The maximum Gasteiger partial charge on any atom is 0.316 e. The fourth-order valence-electron chi connectivity index (χ4n) is 3.03. The second-order valence-electron chi connectivity index (χ2n) is 5.94. The highest BCUT2D eigenvalue weighted by molar-refractivity contribution is 8.01. The van der Waals surface area contributed by atoms with E-state index >= 15 is 0 Å². The number of aliphatic carboxylic acids is 1. The van der Waals surface area contributed by atoms with Crippen molar-refractivity contribution in [3.63, 3.8) is 0 Å². The summed E-state index contributed by atoms with van der Waals surface area (Å²) in [5.41, 5.74) is 1.04. The van der Waals surface area contributed by atoms with Gasteiger partial charge >= 0.3 is 5.97 Å². The summed E-state index contributed by atoms with van der Waals surface area (Å²) >= 11 is 1.16. The van der Waals surface area contributed by atoms with Crippen molar-refractivity contribution < 1.29 is 24.2 Å².